The Hall–Kier alpha value is -1.62. The summed E-state index contributed by atoms with van der Waals surface area (Å²) >= 11 is 0. The van der Waals surface area contributed by atoms with Crippen LogP contribution in [0.4, 0.5) is 5.82 Å². The molecule has 1 saturated heterocycles. The van der Waals surface area contributed by atoms with Crippen molar-refractivity contribution >= 4 is 11.8 Å². The number of aryl methyl sites for hydroxylation is 1. The van der Waals surface area contributed by atoms with Crippen LogP contribution in [-0.4, -0.2) is 53.7 Å². The first-order valence-electron chi connectivity index (χ1n) is 6.14. The predicted molar refractivity (Wildman–Crippen MR) is 70.2 cm³/mol. The molecule has 0 bridgehead atoms. The van der Waals surface area contributed by atoms with Crippen LogP contribution in [0.15, 0.2) is 12.3 Å². The molecule has 98 valence electrons. The second-order valence-electron chi connectivity index (χ2n) is 4.91. The fraction of sp³-hybridized carbons (Fsp3) is 0.538. The van der Waals surface area contributed by atoms with Crippen LogP contribution in [0.1, 0.15) is 22.8 Å². The Morgan fingerprint density at radius 3 is 2.83 bits per heavy atom. The highest BCUT2D eigenvalue weighted by molar-refractivity contribution is 5.95. The van der Waals surface area contributed by atoms with Gasteiger partial charge in [-0.3, -0.25) is 0 Å². The molecular weight excluding hydrogens is 230 g/mol. The maximum Gasteiger partial charge on any atom is 0.339 e. The van der Waals surface area contributed by atoms with Gasteiger partial charge in [-0.1, -0.05) is 0 Å². The summed E-state index contributed by atoms with van der Waals surface area (Å²) in [4.78, 5) is 20.0. The van der Waals surface area contributed by atoms with Gasteiger partial charge in [0.1, 0.15) is 11.4 Å². The van der Waals surface area contributed by atoms with Gasteiger partial charge in [0.05, 0.1) is 0 Å². The smallest absolute Gasteiger partial charge is 0.339 e. The minimum atomic E-state index is -0.901. The number of rotatable bonds is 2. The van der Waals surface area contributed by atoms with Gasteiger partial charge in [-0.2, -0.15) is 0 Å². The maximum atomic E-state index is 11.4. The van der Waals surface area contributed by atoms with Crippen LogP contribution in [0.2, 0.25) is 0 Å². The number of likely N-dealkylation sites (N-methyl/N-ethyl adjacent to an activating group) is 1. The van der Waals surface area contributed by atoms with Crippen molar-refractivity contribution in [2.24, 2.45) is 0 Å². The molecule has 5 nitrogen and oxygen atoms in total. The van der Waals surface area contributed by atoms with Gasteiger partial charge < -0.3 is 14.9 Å². The van der Waals surface area contributed by atoms with Gasteiger partial charge in [-0.05, 0) is 32.5 Å². The fourth-order valence-electron chi connectivity index (χ4n) is 2.29. The fourth-order valence-corrected chi connectivity index (χ4v) is 2.29. The summed E-state index contributed by atoms with van der Waals surface area (Å²) in [6.45, 7) is 6.51. The number of pyridine rings is 1. The molecule has 1 N–H and O–H groups in total. The molecule has 1 aliphatic rings. The summed E-state index contributed by atoms with van der Waals surface area (Å²) in [6, 6.07) is 2.15. The van der Waals surface area contributed by atoms with E-state index in [9.17, 15) is 9.90 Å². The van der Waals surface area contributed by atoms with Crippen LogP contribution in [0.25, 0.3) is 0 Å². The van der Waals surface area contributed by atoms with Crippen LogP contribution in [0, 0.1) is 6.92 Å². The monoisotopic (exact) mass is 249 g/mol. The second kappa shape index (κ2) is 4.94. The topological polar surface area (TPSA) is 56.7 Å². The molecule has 1 aliphatic heterocycles. The molecule has 0 radical (unpaired) electrons. The molecule has 0 aromatic carbocycles. The van der Waals surface area contributed by atoms with Crippen molar-refractivity contribution < 1.29 is 9.90 Å². The van der Waals surface area contributed by atoms with E-state index in [0.29, 0.717) is 17.4 Å². The third-order valence-corrected chi connectivity index (χ3v) is 3.61. The van der Waals surface area contributed by atoms with E-state index in [0.717, 1.165) is 25.2 Å². The van der Waals surface area contributed by atoms with Gasteiger partial charge in [0, 0.05) is 31.9 Å². The molecule has 0 amide bonds. The number of anilines is 1. The van der Waals surface area contributed by atoms with E-state index < -0.39 is 5.97 Å². The highest BCUT2D eigenvalue weighted by Gasteiger charge is 2.25. The molecule has 0 saturated carbocycles. The lowest BCUT2D eigenvalue weighted by atomic mass is 10.1. The number of carboxylic acid groups (broad SMARTS) is 1. The minimum absolute atomic E-state index is 0.328. The van der Waals surface area contributed by atoms with Crippen LogP contribution in [-0.2, 0) is 0 Å². The van der Waals surface area contributed by atoms with Gasteiger partial charge >= 0.3 is 5.97 Å². The summed E-state index contributed by atoms with van der Waals surface area (Å²) in [5, 5.41) is 9.32. The molecule has 1 atom stereocenters. The Kier molecular flexibility index (Phi) is 3.52. The van der Waals surface area contributed by atoms with Gasteiger partial charge in [-0.25, -0.2) is 9.78 Å². The van der Waals surface area contributed by atoms with Crippen LogP contribution >= 0.6 is 0 Å². The van der Waals surface area contributed by atoms with Gasteiger partial charge in [0.2, 0.25) is 0 Å². The predicted octanol–water partition coefficient (Wildman–Crippen LogP) is 1.23. The average molecular weight is 249 g/mol. The second-order valence-corrected chi connectivity index (χ2v) is 4.91. The molecular formula is C13H19N3O2. The molecule has 1 aromatic heterocycles. The van der Waals surface area contributed by atoms with Crippen molar-refractivity contribution in [2.45, 2.75) is 19.9 Å². The molecule has 1 unspecified atom stereocenters. The van der Waals surface area contributed by atoms with Crippen molar-refractivity contribution in [3.05, 3.63) is 23.4 Å². The van der Waals surface area contributed by atoms with Crippen molar-refractivity contribution in [3.8, 4) is 0 Å². The highest BCUT2D eigenvalue weighted by atomic mass is 16.4. The molecule has 1 fully saturated rings. The van der Waals surface area contributed by atoms with E-state index in [1.807, 2.05) is 6.92 Å². The molecule has 0 aliphatic carbocycles. The molecule has 18 heavy (non-hydrogen) atoms. The van der Waals surface area contributed by atoms with E-state index in [1.165, 1.54) is 0 Å². The van der Waals surface area contributed by atoms with E-state index in [4.69, 9.17) is 0 Å². The largest absolute Gasteiger partial charge is 0.478 e. The number of aromatic carboxylic acids is 1. The van der Waals surface area contributed by atoms with E-state index >= 15 is 0 Å². The van der Waals surface area contributed by atoms with Crippen LogP contribution in [0.5, 0.6) is 0 Å². The zero-order valence-corrected chi connectivity index (χ0v) is 11.1. The Balaban J connectivity index is 2.34. The third-order valence-electron chi connectivity index (χ3n) is 3.61. The SMILES string of the molecule is Cc1ccnc(N2CCN(C)C(C)C2)c1C(=O)O. The summed E-state index contributed by atoms with van der Waals surface area (Å²) < 4.78 is 0. The zero-order chi connectivity index (χ0) is 13.3. The highest BCUT2D eigenvalue weighted by Crippen LogP contribution is 2.23. The molecule has 5 heteroatoms. The standard InChI is InChI=1S/C13H19N3O2/c1-9-4-5-14-12(11(9)13(17)18)16-7-6-15(3)10(2)8-16/h4-5,10H,6-8H2,1-3H3,(H,17,18). The number of hydrogen-bond acceptors (Lipinski definition) is 4. The van der Waals surface area contributed by atoms with Crippen LogP contribution in [0.3, 0.4) is 0 Å². The minimum Gasteiger partial charge on any atom is -0.478 e. The summed E-state index contributed by atoms with van der Waals surface area (Å²) in [6.07, 6.45) is 1.68. The summed E-state index contributed by atoms with van der Waals surface area (Å²) in [5.74, 6) is -0.301. The first-order valence-corrected chi connectivity index (χ1v) is 6.14. The van der Waals surface area contributed by atoms with Crippen molar-refractivity contribution in [1.29, 1.82) is 0 Å². The molecule has 2 heterocycles. The quantitative estimate of drug-likeness (QED) is 0.854. The number of carboxylic acids is 1. The van der Waals surface area contributed by atoms with Gasteiger partial charge in [-0.15, -0.1) is 0 Å². The van der Waals surface area contributed by atoms with Crippen LogP contribution < -0.4 is 4.90 Å². The van der Waals surface area contributed by atoms with Gasteiger partial charge in [0.15, 0.2) is 0 Å². The molecule has 2 rings (SSSR count). The lowest BCUT2D eigenvalue weighted by molar-refractivity contribution is 0.0696. The Bertz CT molecular complexity index is 462. The normalized spacial score (nSPS) is 21.1. The molecule has 0 spiro atoms. The van der Waals surface area contributed by atoms with E-state index in [-0.39, 0.29) is 0 Å². The third kappa shape index (κ3) is 2.31. The summed E-state index contributed by atoms with van der Waals surface area (Å²) in [7, 11) is 2.09. The Labute approximate surface area is 107 Å². The van der Waals surface area contributed by atoms with E-state index in [1.54, 1.807) is 12.3 Å². The lowest BCUT2D eigenvalue weighted by Crippen LogP contribution is -2.50. The first-order chi connectivity index (χ1) is 8.50. The Morgan fingerprint density at radius 1 is 1.50 bits per heavy atom. The zero-order valence-electron chi connectivity index (χ0n) is 11.1. The number of piperazine rings is 1. The lowest BCUT2D eigenvalue weighted by Gasteiger charge is -2.38. The summed E-state index contributed by atoms with van der Waals surface area (Å²) in [5.41, 5.74) is 1.09. The maximum absolute atomic E-state index is 11.4. The van der Waals surface area contributed by atoms with Crippen molar-refractivity contribution in [1.82, 2.24) is 9.88 Å². The van der Waals surface area contributed by atoms with Gasteiger partial charge in [0.25, 0.3) is 0 Å². The number of carbonyl (C=O) groups is 1. The first kappa shape index (κ1) is 12.8. The Morgan fingerprint density at radius 2 is 2.22 bits per heavy atom. The number of aromatic nitrogens is 1. The van der Waals surface area contributed by atoms with Crippen molar-refractivity contribution in [3.63, 3.8) is 0 Å². The molecule has 1 aromatic rings. The van der Waals surface area contributed by atoms with Crippen molar-refractivity contribution in [2.75, 3.05) is 31.6 Å². The van der Waals surface area contributed by atoms with E-state index in [2.05, 4.69) is 28.8 Å². The average Bonchev–Trinajstić information content (AvgIpc) is 2.32. The number of nitrogens with zero attached hydrogens (tertiary/aromatic N) is 3. The number of hydrogen-bond donors (Lipinski definition) is 1.